The summed E-state index contributed by atoms with van der Waals surface area (Å²) in [4.78, 5) is 16.2. The summed E-state index contributed by atoms with van der Waals surface area (Å²) < 4.78 is 1.75. The summed E-state index contributed by atoms with van der Waals surface area (Å²) >= 11 is 0. The highest BCUT2D eigenvalue weighted by molar-refractivity contribution is 6.09. The van der Waals surface area contributed by atoms with Gasteiger partial charge in [0.15, 0.2) is 0 Å². The van der Waals surface area contributed by atoms with E-state index in [0.717, 1.165) is 16.8 Å². The Kier molecular flexibility index (Phi) is 3.25. The van der Waals surface area contributed by atoms with Crippen LogP contribution in [0.3, 0.4) is 0 Å². The van der Waals surface area contributed by atoms with Crippen molar-refractivity contribution >= 4 is 17.1 Å². The van der Waals surface area contributed by atoms with E-state index in [1.165, 1.54) is 0 Å². The average molecular weight is 310 g/mol. The molecule has 0 aliphatic heterocycles. The molecule has 23 heavy (non-hydrogen) atoms. The van der Waals surface area contributed by atoms with Crippen LogP contribution in [-0.4, -0.2) is 20.4 Å². The van der Waals surface area contributed by atoms with Gasteiger partial charge in [0, 0.05) is 16.8 Å². The van der Waals surface area contributed by atoms with Crippen LogP contribution >= 0.6 is 0 Å². The van der Waals surface area contributed by atoms with Crippen LogP contribution in [0.25, 0.3) is 16.8 Å². The normalized spacial score (nSPS) is 11.1. The van der Waals surface area contributed by atoms with Crippen LogP contribution in [0.15, 0.2) is 24.5 Å². The number of hydrogen-bond acceptors (Lipinski definition) is 4. The van der Waals surface area contributed by atoms with E-state index in [1.54, 1.807) is 22.9 Å². The SMILES string of the molecule is Cc1cc2c(C(N)=O)c(N)c(-c3c(C)ccc(O)c3C)n2cn1. The minimum atomic E-state index is -0.590. The fraction of sp³-hybridized carbons (Fsp3) is 0.176. The standard InChI is InChI=1S/C17H18N4O2/c1-8-4-5-12(22)10(3)13(8)16-15(18)14(17(19)23)11-6-9(2)20-7-21(11)16/h4-7,22H,18H2,1-3H3,(H2,19,23). The van der Waals surface area contributed by atoms with E-state index in [4.69, 9.17) is 11.5 Å². The number of carbonyl (C=O) groups is 1. The topological polar surface area (TPSA) is 107 Å². The van der Waals surface area contributed by atoms with Crippen LogP contribution in [-0.2, 0) is 0 Å². The zero-order valence-corrected chi connectivity index (χ0v) is 13.2. The summed E-state index contributed by atoms with van der Waals surface area (Å²) in [5.41, 5.74) is 16.7. The van der Waals surface area contributed by atoms with Gasteiger partial charge in [-0.3, -0.25) is 9.20 Å². The van der Waals surface area contributed by atoms with E-state index in [1.807, 2.05) is 26.8 Å². The molecule has 0 saturated heterocycles. The third kappa shape index (κ3) is 2.11. The molecule has 0 bridgehead atoms. The lowest BCUT2D eigenvalue weighted by Crippen LogP contribution is -2.12. The van der Waals surface area contributed by atoms with Crippen molar-refractivity contribution in [3.63, 3.8) is 0 Å². The van der Waals surface area contributed by atoms with Crippen LogP contribution in [0, 0.1) is 20.8 Å². The van der Waals surface area contributed by atoms with Crippen molar-refractivity contribution in [2.45, 2.75) is 20.8 Å². The summed E-state index contributed by atoms with van der Waals surface area (Å²) in [7, 11) is 0. The van der Waals surface area contributed by atoms with Gasteiger partial charge in [-0.2, -0.15) is 0 Å². The second kappa shape index (κ2) is 5.01. The fourth-order valence-corrected chi connectivity index (χ4v) is 2.99. The molecule has 6 nitrogen and oxygen atoms in total. The van der Waals surface area contributed by atoms with Crippen molar-refractivity contribution in [3.05, 3.63) is 46.9 Å². The Morgan fingerprint density at radius 1 is 1.26 bits per heavy atom. The van der Waals surface area contributed by atoms with Crippen molar-refractivity contribution in [1.82, 2.24) is 9.38 Å². The third-order valence-electron chi connectivity index (χ3n) is 4.13. The van der Waals surface area contributed by atoms with Gasteiger partial charge in [0.1, 0.15) is 5.75 Å². The van der Waals surface area contributed by atoms with Crippen LogP contribution < -0.4 is 11.5 Å². The first-order chi connectivity index (χ1) is 10.8. The number of benzene rings is 1. The Labute approximate surface area is 133 Å². The zero-order valence-electron chi connectivity index (χ0n) is 13.2. The number of aromatic hydroxyl groups is 1. The number of fused-ring (bicyclic) bond motifs is 1. The van der Waals surface area contributed by atoms with Gasteiger partial charge in [0.25, 0.3) is 5.91 Å². The summed E-state index contributed by atoms with van der Waals surface area (Å²) in [6.07, 6.45) is 1.62. The molecule has 1 aromatic carbocycles. The molecule has 6 heteroatoms. The first-order valence-corrected chi connectivity index (χ1v) is 7.18. The molecule has 0 unspecified atom stereocenters. The molecule has 118 valence electrons. The molecule has 0 fully saturated rings. The number of anilines is 1. The highest BCUT2D eigenvalue weighted by Gasteiger charge is 2.24. The molecule has 0 radical (unpaired) electrons. The Morgan fingerprint density at radius 2 is 1.96 bits per heavy atom. The second-order valence-electron chi connectivity index (χ2n) is 5.69. The minimum Gasteiger partial charge on any atom is -0.508 e. The maximum absolute atomic E-state index is 11.9. The maximum atomic E-state index is 11.9. The molecule has 3 aromatic rings. The molecule has 2 aromatic heterocycles. The van der Waals surface area contributed by atoms with Crippen molar-refractivity contribution in [2.75, 3.05) is 5.73 Å². The highest BCUT2D eigenvalue weighted by atomic mass is 16.3. The van der Waals surface area contributed by atoms with E-state index in [2.05, 4.69) is 4.98 Å². The quantitative estimate of drug-likeness (QED) is 0.675. The number of aromatic nitrogens is 2. The molecule has 0 atom stereocenters. The third-order valence-corrected chi connectivity index (χ3v) is 4.13. The molecule has 5 N–H and O–H groups in total. The summed E-state index contributed by atoms with van der Waals surface area (Å²) in [6.45, 7) is 5.56. The lowest BCUT2D eigenvalue weighted by Gasteiger charge is -2.13. The molecule has 1 amide bonds. The largest absolute Gasteiger partial charge is 0.508 e. The van der Waals surface area contributed by atoms with E-state index >= 15 is 0 Å². The van der Waals surface area contributed by atoms with Crippen molar-refractivity contribution < 1.29 is 9.90 Å². The second-order valence-corrected chi connectivity index (χ2v) is 5.69. The average Bonchev–Trinajstić information content (AvgIpc) is 2.75. The minimum absolute atomic E-state index is 0.167. The fourth-order valence-electron chi connectivity index (χ4n) is 2.99. The molecular formula is C17H18N4O2. The number of nitrogen functional groups attached to an aromatic ring is 1. The first kappa shape index (κ1) is 14.9. The molecular weight excluding hydrogens is 292 g/mol. The zero-order chi connectivity index (χ0) is 16.9. The molecule has 2 heterocycles. The Hall–Kier alpha value is -3.02. The number of amides is 1. The van der Waals surface area contributed by atoms with Crippen LogP contribution in [0.4, 0.5) is 5.69 Å². The molecule has 0 aliphatic carbocycles. The van der Waals surface area contributed by atoms with Gasteiger partial charge < -0.3 is 16.6 Å². The van der Waals surface area contributed by atoms with E-state index in [-0.39, 0.29) is 11.3 Å². The highest BCUT2D eigenvalue weighted by Crippen LogP contribution is 2.39. The van der Waals surface area contributed by atoms with Gasteiger partial charge in [-0.15, -0.1) is 0 Å². The van der Waals surface area contributed by atoms with Crippen LogP contribution in [0.1, 0.15) is 27.2 Å². The number of aryl methyl sites for hydroxylation is 2. The van der Waals surface area contributed by atoms with E-state index in [0.29, 0.717) is 22.5 Å². The van der Waals surface area contributed by atoms with Crippen molar-refractivity contribution in [1.29, 1.82) is 0 Å². The first-order valence-electron chi connectivity index (χ1n) is 7.18. The molecule has 0 spiro atoms. The number of nitrogens with two attached hydrogens (primary N) is 2. The van der Waals surface area contributed by atoms with Crippen LogP contribution in [0.2, 0.25) is 0 Å². The van der Waals surface area contributed by atoms with Crippen molar-refractivity contribution in [2.24, 2.45) is 5.73 Å². The van der Waals surface area contributed by atoms with Gasteiger partial charge in [-0.05, 0) is 38.5 Å². The van der Waals surface area contributed by atoms with Gasteiger partial charge in [0.05, 0.1) is 28.8 Å². The lowest BCUT2D eigenvalue weighted by atomic mass is 9.98. The number of phenols is 1. The van der Waals surface area contributed by atoms with Gasteiger partial charge in [-0.25, -0.2) is 4.98 Å². The van der Waals surface area contributed by atoms with E-state index in [9.17, 15) is 9.90 Å². The Morgan fingerprint density at radius 3 is 2.61 bits per heavy atom. The van der Waals surface area contributed by atoms with Crippen molar-refractivity contribution in [3.8, 4) is 17.0 Å². The molecule has 3 rings (SSSR count). The Bertz CT molecular complexity index is 957. The molecule has 0 aliphatic rings. The van der Waals surface area contributed by atoms with Gasteiger partial charge in [0.2, 0.25) is 0 Å². The van der Waals surface area contributed by atoms with E-state index < -0.39 is 5.91 Å². The summed E-state index contributed by atoms with van der Waals surface area (Å²) in [5, 5.41) is 10.1. The maximum Gasteiger partial charge on any atom is 0.253 e. The monoisotopic (exact) mass is 310 g/mol. The van der Waals surface area contributed by atoms with Gasteiger partial charge >= 0.3 is 0 Å². The van der Waals surface area contributed by atoms with Gasteiger partial charge in [-0.1, -0.05) is 6.07 Å². The molecule has 0 saturated carbocycles. The number of carbonyl (C=O) groups excluding carboxylic acids is 1. The predicted octanol–water partition coefficient (Wildman–Crippen LogP) is 2.31. The summed E-state index contributed by atoms with van der Waals surface area (Å²) in [6, 6.07) is 5.22. The number of hydrogen-bond donors (Lipinski definition) is 3. The number of nitrogens with zero attached hydrogens (tertiary/aromatic N) is 2. The number of phenolic OH excluding ortho intramolecular Hbond substituents is 1. The lowest BCUT2D eigenvalue weighted by molar-refractivity contribution is 0.100. The predicted molar refractivity (Wildman–Crippen MR) is 89.4 cm³/mol. The number of rotatable bonds is 2. The number of primary amides is 1. The Balaban J connectivity index is 2.52. The smallest absolute Gasteiger partial charge is 0.253 e. The summed E-state index contributed by atoms with van der Waals surface area (Å²) in [5.74, 6) is -0.423. The van der Waals surface area contributed by atoms with Crippen LogP contribution in [0.5, 0.6) is 5.75 Å².